The lowest BCUT2D eigenvalue weighted by atomic mass is 9.47. The number of piperidine rings is 1. The molecule has 152 valence electrons. The molecule has 2 unspecified atom stereocenters. The highest BCUT2D eigenvalue weighted by Gasteiger charge is 2.72. The Morgan fingerprint density at radius 2 is 2.00 bits per heavy atom. The Hall–Kier alpha value is -1.21. The molecular formula is C22H28BrNO4. The zero-order valence-electron chi connectivity index (χ0n) is 16.2. The maximum atomic E-state index is 12.2. The van der Waals surface area contributed by atoms with Crippen LogP contribution in [0.3, 0.4) is 0 Å². The van der Waals surface area contributed by atoms with E-state index in [1.807, 2.05) is 0 Å². The quantitative estimate of drug-likeness (QED) is 0.370. The van der Waals surface area contributed by atoms with Crippen LogP contribution in [0.15, 0.2) is 47.3 Å². The molecule has 1 aliphatic heterocycles. The van der Waals surface area contributed by atoms with E-state index in [1.165, 1.54) is 18.9 Å². The number of carbonyl (C=O) groups is 1. The lowest BCUT2D eigenvalue weighted by molar-refractivity contribution is -0.945. The number of fused-ring (bicyclic) bond motifs is 1. The van der Waals surface area contributed by atoms with Crippen LogP contribution in [-0.2, 0) is 4.79 Å². The monoisotopic (exact) mass is 449 g/mol. The van der Waals surface area contributed by atoms with Crippen LogP contribution in [0.4, 0.5) is 0 Å². The van der Waals surface area contributed by atoms with Gasteiger partial charge < -0.3 is 36.8 Å². The minimum atomic E-state index is -1.20. The van der Waals surface area contributed by atoms with Crippen LogP contribution >= 0.6 is 0 Å². The van der Waals surface area contributed by atoms with Crippen LogP contribution < -0.4 is 17.0 Å². The van der Waals surface area contributed by atoms with E-state index < -0.39 is 22.9 Å². The first-order valence-corrected chi connectivity index (χ1v) is 10.0. The number of nitrogens with zero attached hydrogens (tertiary/aromatic N) is 1. The van der Waals surface area contributed by atoms with Crippen LogP contribution in [0.5, 0.6) is 0 Å². The Bertz CT molecular complexity index is 857. The summed E-state index contributed by atoms with van der Waals surface area (Å²) in [5.41, 5.74) is -0.383. The van der Waals surface area contributed by atoms with Gasteiger partial charge in [0.2, 0.25) is 5.78 Å². The van der Waals surface area contributed by atoms with Gasteiger partial charge in [-0.3, -0.25) is 4.79 Å². The fourth-order valence-corrected chi connectivity index (χ4v) is 6.40. The van der Waals surface area contributed by atoms with Crippen molar-refractivity contribution in [2.45, 2.75) is 49.9 Å². The van der Waals surface area contributed by atoms with E-state index >= 15 is 0 Å². The number of ketones is 1. The van der Waals surface area contributed by atoms with Crippen LogP contribution in [-0.4, -0.2) is 63.5 Å². The summed E-state index contributed by atoms with van der Waals surface area (Å²) in [4.78, 5) is 12.2. The third-order valence-corrected chi connectivity index (χ3v) is 7.96. The van der Waals surface area contributed by atoms with Gasteiger partial charge in [0.15, 0.2) is 5.76 Å². The van der Waals surface area contributed by atoms with Crippen molar-refractivity contribution in [2.75, 3.05) is 20.1 Å². The normalized spacial score (nSPS) is 44.5. The molecule has 0 aromatic heterocycles. The maximum Gasteiger partial charge on any atom is 0.220 e. The molecule has 28 heavy (non-hydrogen) atoms. The van der Waals surface area contributed by atoms with Crippen molar-refractivity contribution in [3.05, 3.63) is 47.3 Å². The molecule has 0 amide bonds. The van der Waals surface area contributed by atoms with E-state index in [-0.39, 0.29) is 28.8 Å². The van der Waals surface area contributed by atoms with Crippen molar-refractivity contribution in [3.63, 3.8) is 0 Å². The molecule has 6 heteroatoms. The van der Waals surface area contributed by atoms with E-state index in [2.05, 4.69) is 19.7 Å². The summed E-state index contributed by atoms with van der Waals surface area (Å²) in [5, 5.41) is 34.1. The Morgan fingerprint density at radius 3 is 2.68 bits per heavy atom. The number of carbonyl (C=O) groups excluding carboxylic acids is 1. The molecule has 4 aliphatic carbocycles. The zero-order chi connectivity index (χ0) is 19.2. The van der Waals surface area contributed by atoms with Crippen LogP contribution in [0.1, 0.15) is 32.1 Å². The number of hydrogen-bond donors (Lipinski definition) is 3. The highest BCUT2D eigenvalue weighted by Crippen LogP contribution is 2.64. The topological polar surface area (TPSA) is 77.8 Å². The molecule has 2 saturated carbocycles. The molecule has 0 radical (unpaired) electrons. The Labute approximate surface area is 176 Å². The number of hydrogen-bond acceptors (Lipinski definition) is 4. The predicted octanol–water partition coefficient (Wildman–Crippen LogP) is -1.06. The van der Waals surface area contributed by atoms with Gasteiger partial charge >= 0.3 is 0 Å². The maximum absolute atomic E-state index is 12.2. The number of halogens is 1. The first-order chi connectivity index (χ1) is 12.7. The zero-order valence-corrected chi connectivity index (χ0v) is 17.8. The second kappa shape index (κ2) is 6.14. The second-order valence-electron chi connectivity index (χ2n) is 9.52. The standard InChI is InChI=1S/C22H27NO4.BrH/c1-13-7-8-22(27)17-11-15-5-6-16(24)19(25)18(15)21(22,20(13)26)9-10-23(17,2)12-14-3-4-14;/h5-6,11,14,17,20,26-27H,1,3-4,7-10,12H2,2H3;1H/t17-,20?,21+,22-,23?;/m1./s1. The number of likely N-dealkylation sites (tertiary alicyclic amines) is 1. The number of aliphatic hydroxyl groups excluding tert-OH is 2. The molecule has 0 aromatic carbocycles. The molecular weight excluding hydrogens is 422 g/mol. The van der Waals surface area contributed by atoms with Crippen molar-refractivity contribution in [1.82, 2.24) is 0 Å². The van der Waals surface area contributed by atoms with Gasteiger partial charge in [0.1, 0.15) is 11.6 Å². The van der Waals surface area contributed by atoms with E-state index in [4.69, 9.17) is 0 Å². The third-order valence-electron chi connectivity index (χ3n) is 7.96. The molecule has 3 fully saturated rings. The Balaban J connectivity index is 0.00000192. The average Bonchev–Trinajstić information content (AvgIpc) is 3.43. The van der Waals surface area contributed by atoms with E-state index in [0.717, 1.165) is 23.1 Å². The molecule has 5 rings (SSSR count). The lowest BCUT2D eigenvalue weighted by Crippen LogP contribution is -3.00. The van der Waals surface area contributed by atoms with Gasteiger partial charge in [0, 0.05) is 17.9 Å². The van der Waals surface area contributed by atoms with Gasteiger partial charge in [-0.1, -0.05) is 12.7 Å². The van der Waals surface area contributed by atoms with Crippen molar-refractivity contribution in [1.29, 1.82) is 0 Å². The van der Waals surface area contributed by atoms with Crippen LogP contribution in [0.2, 0.25) is 0 Å². The molecule has 5 atom stereocenters. The number of quaternary nitrogens is 1. The van der Waals surface area contributed by atoms with E-state index in [0.29, 0.717) is 36.3 Å². The highest BCUT2D eigenvalue weighted by molar-refractivity contribution is 6.05. The van der Waals surface area contributed by atoms with Crippen molar-refractivity contribution in [3.8, 4) is 0 Å². The predicted molar refractivity (Wildman–Crippen MR) is 101 cm³/mol. The van der Waals surface area contributed by atoms with Gasteiger partial charge in [-0.05, 0) is 49.0 Å². The Morgan fingerprint density at radius 1 is 1.29 bits per heavy atom. The summed E-state index contributed by atoms with van der Waals surface area (Å²) in [6.07, 6.45) is 8.29. The molecule has 0 aromatic rings. The molecule has 0 spiro atoms. The summed E-state index contributed by atoms with van der Waals surface area (Å²) >= 11 is 0. The average molecular weight is 450 g/mol. The fraction of sp³-hybridized carbons (Fsp3) is 0.591. The van der Waals surface area contributed by atoms with E-state index in [9.17, 15) is 20.1 Å². The number of allylic oxidation sites excluding steroid dienone is 3. The van der Waals surface area contributed by atoms with Crippen LogP contribution in [0, 0.1) is 11.3 Å². The van der Waals surface area contributed by atoms with Gasteiger partial charge in [0.25, 0.3) is 0 Å². The first kappa shape index (κ1) is 20.1. The Kier molecular flexibility index (Phi) is 4.41. The fourth-order valence-electron chi connectivity index (χ4n) is 6.40. The SMILES string of the molecule is C=C1CC[C@@]2(O)[C@H]3C=C4C=CC(=O)C(O)=C4[C@@]2(CC[N+]3(C)CC2CC2)C1O.[Br-]. The van der Waals surface area contributed by atoms with Gasteiger partial charge in [-0.2, -0.15) is 0 Å². The van der Waals surface area contributed by atoms with E-state index in [1.54, 1.807) is 6.08 Å². The summed E-state index contributed by atoms with van der Waals surface area (Å²) in [6, 6.07) is -0.168. The van der Waals surface area contributed by atoms with Crippen molar-refractivity contribution in [2.24, 2.45) is 11.3 Å². The van der Waals surface area contributed by atoms with Gasteiger partial charge in [-0.25, -0.2) is 0 Å². The molecule has 5 nitrogen and oxygen atoms in total. The molecule has 1 saturated heterocycles. The highest BCUT2D eigenvalue weighted by atomic mass is 79.9. The molecule has 2 bridgehead atoms. The van der Waals surface area contributed by atoms with Crippen molar-refractivity contribution < 1.29 is 41.6 Å². The molecule has 3 N–H and O–H groups in total. The summed E-state index contributed by atoms with van der Waals surface area (Å²) in [7, 11) is 2.21. The number of likely N-dealkylation sites (N-methyl/N-ethyl adjacent to an activating group) is 1. The number of aliphatic hydroxyl groups is 3. The molecule has 1 heterocycles. The van der Waals surface area contributed by atoms with Gasteiger partial charge in [-0.15, -0.1) is 0 Å². The third kappa shape index (κ3) is 2.32. The second-order valence-corrected chi connectivity index (χ2v) is 9.52. The van der Waals surface area contributed by atoms with Crippen molar-refractivity contribution >= 4 is 5.78 Å². The number of rotatable bonds is 2. The summed E-state index contributed by atoms with van der Waals surface area (Å²) < 4.78 is 0.751. The minimum absolute atomic E-state index is 0. The smallest absolute Gasteiger partial charge is 0.220 e. The largest absolute Gasteiger partial charge is 1.00 e. The first-order valence-electron chi connectivity index (χ1n) is 10.0. The van der Waals surface area contributed by atoms with Gasteiger partial charge in [0.05, 0.1) is 31.7 Å². The lowest BCUT2D eigenvalue weighted by Gasteiger charge is -2.66. The summed E-state index contributed by atoms with van der Waals surface area (Å²) in [5.74, 6) is -0.0732. The molecule has 5 aliphatic rings. The minimum Gasteiger partial charge on any atom is -1.00 e. The summed E-state index contributed by atoms with van der Waals surface area (Å²) in [6.45, 7) is 5.87. The van der Waals surface area contributed by atoms with Crippen LogP contribution in [0.25, 0.3) is 0 Å².